The summed E-state index contributed by atoms with van der Waals surface area (Å²) in [6.45, 7) is 2.04. The van der Waals surface area contributed by atoms with Gasteiger partial charge in [0.1, 0.15) is 0 Å². The number of hydrogen-bond donors (Lipinski definition) is 1. The SMILES string of the molecule is COc1cc(C(=O)NC2CCN(Cc3ccc(F)c(F)c3)CC2)cc(OC)c1OC. The number of methoxy groups -OCH3 is 3. The first-order valence-electron chi connectivity index (χ1n) is 9.72. The van der Waals surface area contributed by atoms with Gasteiger partial charge in [0, 0.05) is 31.2 Å². The van der Waals surface area contributed by atoms with Crippen LogP contribution in [0.3, 0.4) is 0 Å². The highest BCUT2D eigenvalue weighted by molar-refractivity contribution is 5.95. The Morgan fingerprint density at radius 3 is 2.17 bits per heavy atom. The molecule has 30 heavy (non-hydrogen) atoms. The van der Waals surface area contributed by atoms with E-state index in [9.17, 15) is 13.6 Å². The van der Waals surface area contributed by atoms with Gasteiger partial charge in [-0.05, 0) is 42.7 Å². The summed E-state index contributed by atoms with van der Waals surface area (Å²) < 4.78 is 42.4. The van der Waals surface area contributed by atoms with Crippen molar-refractivity contribution in [3.63, 3.8) is 0 Å². The second kappa shape index (κ2) is 9.75. The molecule has 0 unspecified atom stereocenters. The van der Waals surface area contributed by atoms with E-state index in [0.29, 0.717) is 29.4 Å². The Balaban J connectivity index is 1.58. The van der Waals surface area contributed by atoms with Crippen LogP contribution in [0.1, 0.15) is 28.8 Å². The molecule has 3 rings (SSSR count). The van der Waals surface area contributed by atoms with Crippen molar-refractivity contribution in [1.82, 2.24) is 10.2 Å². The number of carbonyl (C=O) groups is 1. The molecule has 1 amide bonds. The fourth-order valence-corrected chi connectivity index (χ4v) is 3.61. The van der Waals surface area contributed by atoms with Gasteiger partial charge in [0.25, 0.3) is 5.91 Å². The average molecular weight is 420 g/mol. The summed E-state index contributed by atoms with van der Waals surface area (Å²) in [6.07, 6.45) is 1.53. The minimum absolute atomic E-state index is 0.0257. The molecule has 0 atom stereocenters. The van der Waals surface area contributed by atoms with Crippen molar-refractivity contribution in [2.24, 2.45) is 0 Å². The van der Waals surface area contributed by atoms with Gasteiger partial charge in [-0.25, -0.2) is 8.78 Å². The number of halogens is 2. The van der Waals surface area contributed by atoms with Gasteiger partial charge in [0.05, 0.1) is 21.3 Å². The molecule has 8 heteroatoms. The first-order valence-corrected chi connectivity index (χ1v) is 9.72. The van der Waals surface area contributed by atoms with E-state index in [1.165, 1.54) is 27.4 Å². The van der Waals surface area contributed by atoms with Crippen molar-refractivity contribution in [3.05, 3.63) is 53.1 Å². The lowest BCUT2D eigenvalue weighted by Crippen LogP contribution is -2.44. The molecular formula is C22H26F2N2O4. The minimum Gasteiger partial charge on any atom is -0.493 e. The fourth-order valence-electron chi connectivity index (χ4n) is 3.61. The third-order valence-electron chi connectivity index (χ3n) is 5.24. The van der Waals surface area contributed by atoms with E-state index < -0.39 is 11.6 Å². The first-order chi connectivity index (χ1) is 14.4. The summed E-state index contributed by atoms with van der Waals surface area (Å²) in [5.74, 6) is -0.617. The predicted molar refractivity (Wildman–Crippen MR) is 108 cm³/mol. The van der Waals surface area contributed by atoms with Gasteiger partial charge in [0.15, 0.2) is 23.1 Å². The van der Waals surface area contributed by atoms with Crippen LogP contribution in [0.25, 0.3) is 0 Å². The number of carbonyl (C=O) groups excluding carboxylic acids is 1. The summed E-state index contributed by atoms with van der Waals surface area (Å²) in [7, 11) is 4.51. The Morgan fingerprint density at radius 1 is 1.00 bits per heavy atom. The smallest absolute Gasteiger partial charge is 0.251 e. The van der Waals surface area contributed by atoms with Crippen molar-refractivity contribution >= 4 is 5.91 Å². The van der Waals surface area contributed by atoms with Gasteiger partial charge < -0.3 is 19.5 Å². The van der Waals surface area contributed by atoms with Crippen molar-refractivity contribution in [2.75, 3.05) is 34.4 Å². The molecule has 6 nitrogen and oxygen atoms in total. The summed E-state index contributed by atoms with van der Waals surface area (Å²) in [5, 5.41) is 3.05. The van der Waals surface area contributed by atoms with E-state index >= 15 is 0 Å². The lowest BCUT2D eigenvalue weighted by Gasteiger charge is -2.32. The van der Waals surface area contributed by atoms with E-state index in [0.717, 1.165) is 37.6 Å². The maximum Gasteiger partial charge on any atom is 0.251 e. The molecule has 1 aliphatic heterocycles. The van der Waals surface area contributed by atoms with Crippen LogP contribution in [0.5, 0.6) is 17.2 Å². The number of nitrogens with zero attached hydrogens (tertiary/aromatic N) is 1. The molecule has 0 aromatic heterocycles. The molecule has 0 saturated carbocycles. The maximum absolute atomic E-state index is 13.4. The van der Waals surface area contributed by atoms with E-state index in [1.54, 1.807) is 18.2 Å². The molecular weight excluding hydrogens is 394 g/mol. The molecule has 1 heterocycles. The van der Waals surface area contributed by atoms with Gasteiger partial charge in [-0.1, -0.05) is 6.07 Å². The molecule has 0 radical (unpaired) electrons. The number of piperidine rings is 1. The number of amides is 1. The van der Waals surface area contributed by atoms with E-state index in [-0.39, 0.29) is 11.9 Å². The quantitative estimate of drug-likeness (QED) is 0.744. The molecule has 0 bridgehead atoms. The molecule has 2 aromatic rings. The largest absolute Gasteiger partial charge is 0.493 e. The summed E-state index contributed by atoms with van der Waals surface area (Å²) in [6, 6.07) is 7.24. The van der Waals surface area contributed by atoms with Crippen molar-refractivity contribution in [1.29, 1.82) is 0 Å². The molecule has 1 N–H and O–H groups in total. The van der Waals surface area contributed by atoms with Crippen LogP contribution in [-0.4, -0.2) is 51.3 Å². The van der Waals surface area contributed by atoms with Crippen LogP contribution in [-0.2, 0) is 6.54 Å². The van der Waals surface area contributed by atoms with Crippen LogP contribution in [0.15, 0.2) is 30.3 Å². The Bertz CT molecular complexity index is 874. The first kappa shape index (κ1) is 21.8. The topological polar surface area (TPSA) is 60.0 Å². The molecule has 1 fully saturated rings. The zero-order chi connectivity index (χ0) is 21.7. The highest BCUT2D eigenvalue weighted by Gasteiger charge is 2.23. The second-order valence-electron chi connectivity index (χ2n) is 7.19. The van der Waals surface area contributed by atoms with Gasteiger partial charge in [-0.15, -0.1) is 0 Å². The number of likely N-dealkylation sites (tertiary alicyclic amines) is 1. The number of ether oxygens (including phenoxy) is 3. The van der Waals surface area contributed by atoms with Crippen LogP contribution < -0.4 is 19.5 Å². The fraction of sp³-hybridized carbons (Fsp3) is 0.409. The van der Waals surface area contributed by atoms with Crippen molar-refractivity contribution in [2.45, 2.75) is 25.4 Å². The van der Waals surface area contributed by atoms with Crippen LogP contribution in [0.2, 0.25) is 0 Å². The average Bonchev–Trinajstić information content (AvgIpc) is 2.76. The third-order valence-corrected chi connectivity index (χ3v) is 5.24. The standard InChI is InChI=1S/C22H26F2N2O4/c1-28-19-11-15(12-20(29-2)21(19)30-3)22(27)25-16-6-8-26(9-7-16)13-14-4-5-17(23)18(24)10-14/h4-5,10-12,16H,6-9,13H2,1-3H3,(H,25,27). The maximum atomic E-state index is 13.4. The predicted octanol–water partition coefficient (Wildman–Crippen LogP) is 3.39. The van der Waals surface area contributed by atoms with Crippen LogP contribution in [0.4, 0.5) is 8.78 Å². The van der Waals surface area contributed by atoms with Gasteiger partial charge >= 0.3 is 0 Å². The highest BCUT2D eigenvalue weighted by atomic mass is 19.2. The lowest BCUT2D eigenvalue weighted by molar-refractivity contribution is 0.0908. The second-order valence-corrected chi connectivity index (χ2v) is 7.19. The van der Waals surface area contributed by atoms with E-state index in [4.69, 9.17) is 14.2 Å². The number of nitrogens with one attached hydrogen (secondary N) is 1. The third kappa shape index (κ3) is 4.99. The van der Waals surface area contributed by atoms with Gasteiger partial charge in [-0.3, -0.25) is 9.69 Å². The molecule has 0 aliphatic carbocycles. The zero-order valence-corrected chi connectivity index (χ0v) is 17.3. The molecule has 162 valence electrons. The Labute approximate surface area is 174 Å². The van der Waals surface area contributed by atoms with Crippen molar-refractivity contribution in [3.8, 4) is 17.2 Å². The number of benzene rings is 2. The van der Waals surface area contributed by atoms with Crippen LogP contribution >= 0.6 is 0 Å². The summed E-state index contributed by atoms with van der Waals surface area (Å²) in [5.41, 5.74) is 1.16. The molecule has 1 saturated heterocycles. The van der Waals surface area contributed by atoms with Gasteiger partial charge in [-0.2, -0.15) is 0 Å². The Morgan fingerprint density at radius 2 is 1.63 bits per heavy atom. The summed E-state index contributed by atoms with van der Waals surface area (Å²) >= 11 is 0. The van der Waals surface area contributed by atoms with E-state index in [2.05, 4.69) is 10.2 Å². The lowest BCUT2D eigenvalue weighted by atomic mass is 10.0. The van der Waals surface area contributed by atoms with E-state index in [1.807, 2.05) is 0 Å². The zero-order valence-electron chi connectivity index (χ0n) is 17.3. The molecule has 1 aliphatic rings. The molecule has 0 spiro atoms. The Hall–Kier alpha value is -2.87. The normalized spacial score (nSPS) is 15.0. The number of rotatable bonds is 7. The molecule has 2 aromatic carbocycles. The minimum atomic E-state index is -0.841. The van der Waals surface area contributed by atoms with Crippen molar-refractivity contribution < 1.29 is 27.8 Å². The Kier molecular flexibility index (Phi) is 7.10. The number of hydrogen-bond acceptors (Lipinski definition) is 5. The van der Waals surface area contributed by atoms with Gasteiger partial charge in [0.2, 0.25) is 5.75 Å². The van der Waals surface area contributed by atoms with Crippen LogP contribution in [0, 0.1) is 11.6 Å². The highest BCUT2D eigenvalue weighted by Crippen LogP contribution is 2.38. The summed E-state index contributed by atoms with van der Waals surface area (Å²) in [4.78, 5) is 14.9. The monoisotopic (exact) mass is 420 g/mol.